The standard InChI is InChI=1S/C6H14OS2/c1-5(2)6(8-3)9(4)7/h5-6H,1-4H3. The highest BCUT2D eigenvalue weighted by molar-refractivity contribution is 8.10. The molecular formula is C6H14OS2. The van der Waals surface area contributed by atoms with Crippen molar-refractivity contribution in [3.8, 4) is 0 Å². The lowest BCUT2D eigenvalue weighted by Crippen LogP contribution is -2.15. The molecule has 1 nitrogen and oxygen atoms in total. The smallest absolute Gasteiger partial charge is 0.0818 e. The van der Waals surface area contributed by atoms with Crippen LogP contribution in [0, 0.1) is 5.92 Å². The van der Waals surface area contributed by atoms with Crippen molar-refractivity contribution >= 4 is 22.6 Å². The highest BCUT2D eigenvalue weighted by atomic mass is 32.2. The predicted octanol–water partition coefficient (Wildman–Crippen LogP) is 1.71. The van der Waals surface area contributed by atoms with E-state index in [2.05, 4.69) is 13.8 Å². The molecule has 0 N–H and O–H groups in total. The summed E-state index contributed by atoms with van der Waals surface area (Å²) in [5, 5.41) is 0. The highest BCUT2D eigenvalue weighted by Gasteiger charge is 2.14. The number of thioether (sulfide) groups is 1. The summed E-state index contributed by atoms with van der Waals surface area (Å²) in [5.74, 6) is 0.519. The average molecular weight is 166 g/mol. The lowest BCUT2D eigenvalue weighted by Gasteiger charge is -2.14. The molecular weight excluding hydrogens is 152 g/mol. The number of hydrogen-bond acceptors (Lipinski definition) is 2. The highest BCUT2D eigenvalue weighted by Crippen LogP contribution is 2.18. The maximum atomic E-state index is 10.9. The van der Waals surface area contributed by atoms with Crippen LogP contribution in [0.5, 0.6) is 0 Å². The molecule has 0 fully saturated rings. The Hall–Kier alpha value is 0.500. The van der Waals surface area contributed by atoms with Crippen molar-refractivity contribution in [2.45, 2.75) is 18.4 Å². The summed E-state index contributed by atoms with van der Waals surface area (Å²) in [7, 11) is -0.671. The Balaban J connectivity index is 3.83. The molecule has 0 saturated carbocycles. The molecule has 0 aliphatic carbocycles. The van der Waals surface area contributed by atoms with E-state index >= 15 is 0 Å². The maximum Gasteiger partial charge on any atom is 0.0818 e. The maximum absolute atomic E-state index is 10.9. The Bertz CT molecular complexity index is 101. The first kappa shape index (κ1) is 9.50. The summed E-state index contributed by atoms with van der Waals surface area (Å²) < 4.78 is 11.2. The van der Waals surface area contributed by atoms with Crippen molar-refractivity contribution in [2.24, 2.45) is 5.92 Å². The van der Waals surface area contributed by atoms with E-state index in [9.17, 15) is 4.21 Å². The molecule has 0 spiro atoms. The van der Waals surface area contributed by atoms with E-state index < -0.39 is 10.8 Å². The van der Waals surface area contributed by atoms with Crippen LogP contribution < -0.4 is 0 Å². The zero-order valence-electron chi connectivity index (χ0n) is 6.38. The van der Waals surface area contributed by atoms with Crippen molar-refractivity contribution in [2.75, 3.05) is 12.5 Å². The average Bonchev–Trinajstić information content (AvgIpc) is 1.64. The van der Waals surface area contributed by atoms with Crippen LogP contribution >= 0.6 is 11.8 Å². The van der Waals surface area contributed by atoms with Gasteiger partial charge in [-0.2, -0.15) is 0 Å². The molecule has 56 valence electrons. The van der Waals surface area contributed by atoms with Gasteiger partial charge in [0.1, 0.15) is 0 Å². The van der Waals surface area contributed by atoms with Gasteiger partial charge in [0.25, 0.3) is 0 Å². The third kappa shape index (κ3) is 3.26. The van der Waals surface area contributed by atoms with Crippen molar-refractivity contribution in [3.05, 3.63) is 0 Å². The largest absolute Gasteiger partial charge is 0.259 e. The van der Waals surface area contributed by atoms with Crippen LogP contribution in [-0.4, -0.2) is 21.3 Å². The molecule has 0 rings (SSSR count). The van der Waals surface area contributed by atoms with Gasteiger partial charge in [0.15, 0.2) is 0 Å². The Morgan fingerprint density at radius 3 is 1.89 bits per heavy atom. The van der Waals surface area contributed by atoms with E-state index in [1.165, 1.54) is 0 Å². The predicted molar refractivity (Wildman–Crippen MR) is 46.2 cm³/mol. The fourth-order valence-corrected chi connectivity index (χ4v) is 3.19. The summed E-state index contributed by atoms with van der Waals surface area (Å²) in [5.41, 5.74) is 0. The fourth-order valence-electron chi connectivity index (χ4n) is 0.791. The van der Waals surface area contributed by atoms with Crippen molar-refractivity contribution in [1.29, 1.82) is 0 Å². The SMILES string of the molecule is CSC(C(C)C)S(C)=O. The van der Waals surface area contributed by atoms with Crippen molar-refractivity contribution < 1.29 is 4.21 Å². The van der Waals surface area contributed by atoms with E-state index in [1.54, 1.807) is 18.0 Å². The van der Waals surface area contributed by atoms with E-state index in [0.29, 0.717) is 10.5 Å². The fraction of sp³-hybridized carbons (Fsp3) is 1.00. The molecule has 0 saturated heterocycles. The molecule has 2 unspecified atom stereocenters. The number of hydrogen-bond donors (Lipinski definition) is 0. The first-order valence-electron chi connectivity index (χ1n) is 2.94. The molecule has 3 heteroatoms. The van der Waals surface area contributed by atoms with E-state index in [4.69, 9.17) is 0 Å². The molecule has 0 aromatic carbocycles. The first-order valence-corrected chi connectivity index (χ1v) is 5.85. The lowest BCUT2D eigenvalue weighted by molar-refractivity contribution is 0.657. The molecule has 0 radical (unpaired) electrons. The van der Waals surface area contributed by atoms with Gasteiger partial charge in [-0.25, -0.2) is 0 Å². The third-order valence-electron chi connectivity index (χ3n) is 1.10. The van der Waals surface area contributed by atoms with Crippen molar-refractivity contribution in [1.82, 2.24) is 0 Å². The van der Waals surface area contributed by atoms with Gasteiger partial charge in [-0.15, -0.1) is 11.8 Å². The van der Waals surface area contributed by atoms with E-state index in [0.717, 1.165) is 0 Å². The number of rotatable bonds is 3. The van der Waals surface area contributed by atoms with Crippen LogP contribution in [0.15, 0.2) is 0 Å². The molecule has 0 aliphatic rings. The van der Waals surface area contributed by atoms with Crippen LogP contribution in [0.4, 0.5) is 0 Å². The van der Waals surface area contributed by atoms with Gasteiger partial charge in [-0.1, -0.05) is 13.8 Å². The van der Waals surface area contributed by atoms with Crippen LogP contribution in [0.3, 0.4) is 0 Å². The van der Waals surface area contributed by atoms with Gasteiger partial charge >= 0.3 is 0 Å². The molecule has 0 bridgehead atoms. The Morgan fingerprint density at radius 2 is 1.89 bits per heavy atom. The summed E-state index contributed by atoms with van der Waals surface area (Å²) in [6.07, 6.45) is 3.77. The summed E-state index contributed by atoms with van der Waals surface area (Å²) in [6.45, 7) is 4.20. The van der Waals surface area contributed by atoms with Gasteiger partial charge < -0.3 is 0 Å². The Kier molecular flexibility index (Phi) is 4.58. The zero-order valence-corrected chi connectivity index (χ0v) is 8.01. The normalized spacial score (nSPS) is 17.9. The van der Waals surface area contributed by atoms with Crippen molar-refractivity contribution in [3.63, 3.8) is 0 Å². The quantitative estimate of drug-likeness (QED) is 0.635. The molecule has 0 amide bonds. The van der Waals surface area contributed by atoms with Crippen LogP contribution in [-0.2, 0) is 10.8 Å². The molecule has 9 heavy (non-hydrogen) atoms. The van der Waals surface area contributed by atoms with E-state index in [1.807, 2.05) is 6.26 Å². The third-order valence-corrected chi connectivity index (χ3v) is 4.70. The van der Waals surface area contributed by atoms with Crippen LogP contribution in [0.25, 0.3) is 0 Å². The zero-order chi connectivity index (χ0) is 7.44. The van der Waals surface area contributed by atoms with Gasteiger partial charge in [-0.3, -0.25) is 4.21 Å². The summed E-state index contributed by atoms with van der Waals surface area (Å²) in [4.78, 5) is 0. The lowest BCUT2D eigenvalue weighted by atomic mass is 10.3. The molecule has 0 heterocycles. The minimum absolute atomic E-state index is 0.310. The second-order valence-corrected chi connectivity index (χ2v) is 5.13. The first-order chi connectivity index (χ1) is 4.09. The minimum atomic E-state index is -0.671. The Labute approximate surface area is 64.1 Å². The second-order valence-electron chi connectivity index (χ2n) is 2.35. The van der Waals surface area contributed by atoms with Gasteiger partial charge in [0, 0.05) is 17.1 Å². The summed E-state index contributed by atoms with van der Waals surface area (Å²) in [6, 6.07) is 0. The second kappa shape index (κ2) is 4.34. The van der Waals surface area contributed by atoms with Crippen LogP contribution in [0.1, 0.15) is 13.8 Å². The molecule has 0 aromatic heterocycles. The minimum Gasteiger partial charge on any atom is -0.259 e. The topological polar surface area (TPSA) is 17.1 Å². The summed E-state index contributed by atoms with van der Waals surface area (Å²) >= 11 is 1.69. The van der Waals surface area contributed by atoms with Crippen LogP contribution in [0.2, 0.25) is 0 Å². The molecule has 2 atom stereocenters. The molecule has 0 aromatic rings. The Morgan fingerprint density at radius 1 is 1.44 bits per heavy atom. The van der Waals surface area contributed by atoms with Gasteiger partial charge in [0.2, 0.25) is 0 Å². The molecule has 0 aliphatic heterocycles. The van der Waals surface area contributed by atoms with E-state index in [-0.39, 0.29) is 0 Å². The van der Waals surface area contributed by atoms with Gasteiger partial charge in [-0.05, 0) is 12.2 Å². The van der Waals surface area contributed by atoms with Gasteiger partial charge in [0.05, 0.1) is 4.58 Å². The monoisotopic (exact) mass is 166 g/mol.